The highest BCUT2D eigenvalue weighted by Crippen LogP contribution is 2.46. The second-order valence-electron chi connectivity index (χ2n) is 4.38. The number of nitrogens with zero attached hydrogens (tertiary/aromatic N) is 1. The van der Waals surface area contributed by atoms with Gasteiger partial charge in [-0.15, -0.1) is 0 Å². The summed E-state index contributed by atoms with van der Waals surface area (Å²) >= 11 is 0. The molecule has 2 atom stereocenters. The first kappa shape index (κ1) is 17.0. The summed E-state index contributed by atoms with van der Waals surface area (Å²) in [7, 11) is -5.84. The van der Waals surface area contributed by atoms with E-state index >= 15 is 0 Å². The molecule has 0 fully saturated rings. The zero-order valence-corrected chi connectivity index (χ0v) is 11.8. The van der Waals surface area contributed by atoms with Gasteiger partial charge >= 0.3 is 15.1 Å². The molecule has 0 saturated carbocycles. The van der Waals surface area contributed by atoms with E-state index in [-0.39, 0.29) is 0 Å². The van der Waals surface area contributed by atoms with Gasteiger partial charge in [0.05, 0.1) is 0 Å². The van der Waals surface area contributed by atoms with Crippen molar-refractivity contribution < 1.29 is 35.3 Å². The third kappa shape index (κ3) is 2.47. The molecule has 1 aliphatic rings. The normalized spacial score (nSPS) is 25.3. The Hall–Kier alpha value is -2.38. The van der Waals surface area contributed by atoms with Gasteiger partial charge in [-0.05, 0) is 12.1 Å². The van der Waals surface area contributed by atoms with E-state index in [1.54, 1.807) is 0 Å². The van der Waals surface area contributed by atoms with E-state index in [1.807, 2.05) is 0 Å². The van der Waals surface area contributed by atoms with Crippen molar-refractivity contribution in [1.29, 1.82) is 5.26 Å². The predicted molar refractivity (Wildman–Crippen MR) is 69.2 cm³/mol. The van der Waals surface area contributed by atoms with E-state index in [0.29, 0.717) is 0 Å². The summed E-state index contributed by atoms with van der Waals surface area (Å²) in [5.74, 6) is -7.43. The van der Waals surface area contributed by atoms with Gasteiger partial charge in [0.2, 0.25) is 12.0 Å². The molecule has 122 valence electrons. The van der Waals surface area contributed by atoms with Crippen LogP contribution in [0.15, 0.2) is 53.4 Å². The van der Waals surface area contributed by atoms with Crippen LogP contribution in [0.5, 0.6) is 5.75 Å². The smallest absolute Gasteiger partial charge is 0.324 e. The maximum Gasteiger partial charge on any atom is 0.324 e. The number of para-hydroxylation sites is 1. The molecule has 2 unspecified atom stereocenters. The van der Waals surface area contributed by atoms with Gasteiger partial charge < -0.3 is 4.74 Å². The fourth-order valence-electron chi connectivity index (χ4n) is 1.93. The molecule has 0 aromatic heterocycles. The van der Waals surface area contributed by atoms with Crippen LogP contribution in [0.3, 0.4) is 0 Å². The predicted octanol–water partition coefficient (Wildman–Crippen LogP) is 2.90. The highest BCUT2D eigenvalue weighted by Gasteiger charge is 2.64. The maximum absolute atomic E-state index is 14.3. The van der Waals surface area contributed by atoms with E-state index in [4.69, 9.17) is 5.26 Å². The van der Waals surface area contributed by atoms with Gasteiger partial charge in [-0.3, -0.25) is 4.55 Å². The summed E-state index contributed by atoms with van der Waals surface area (Å²) in [6, 6.07) is 6.99. The number of benzene rings is 1. The van der Waals surface area contributed by atoms with E-state index < -0.39 is 50.0 Å². The van der Waals surface area contributed by atoms with Crippen molar-refractivity contribution in [2.45, 2.75) is 11.1 Å². The molecular formula is C13H7F4NO4S. The minimum atomic E-state index is -5.84. The van der Waals surface area contributed by atoms with Crippen LogP contribution in [0.4, 0.5) is 17.6 Å². The largest absolute Gasteiger partial charge is 0.459 e. The first-order valence-corrected chi connectivity index (χ1v) is 7.32. The molecule has 1 N–H and O–H groups in total. The zero-order chi connectivity index (χ0) is 17.4. The summed E-state index contributed by atoms with van der Waals surface area (Å²) in [5.41, 5.74) is -1.65. The summed E-state index contributed by atoms with van der Waals surface area (Å²) in [5, 5.41) is 8.52. The Bertz CT molecular complexity index is 844. The van der Waals surface area contributed by atoms with Crippen LogP contribution in [0.2, 0.25) is 0 Å². The highest BCUT2D eigenvalue weighted by atomic mass is 32.2. The molecule has 2 rings (SSSR count). The molecule has 1 aromatic carbocycles. The van der Waals surface area contributed by atoms with E-state index in [0.717, 1.165) is 18.2 Å². The Labute approximate surface area is 127 Å². The Morgan fingerprint density at radius 2 is 1.78 bits per heavy atom. The number of rotatable bonds is 3. The lowest BCUT2D eigenvalue weighted by molar-refractivity contribution is 0.0609. The first-order chi connectivity index (χ1) is 10.7. The molecular weight excluding hydrogens is 342 g/mol. The monoisotopic (exact) mass is 349 g/mol. The van der Waals surface area contributed by atoms with Gasteiger partial charge in [0.15, 0.2) is 11.7 Å². The van der Waals surface area contributed by atoms with Crippen molar-refractivity contribution in [3.63, 3.8) is 0 Å². The quantitative estimate of drug-likeness (QED) is 0.670. The number of ether oxygens (including phenoxy) is 1. The van der Waals surface area contributed by atoms with E-state index in [2.05, 4.69) is 4.74 Å². The average molecular weight is 349 g/mol. The van der Waals surface area contributed by atoms with Gasteiger partial charge in [0, 0.05) is 0 Å². The van der Waals surface area contributed by atoms with Crippen LogP contribution in [0, 0.1) is 11.3 Å². The molecule has 0 spiro atoms. The molecule has 0 aliphatic heterocycles. The summed E-state index contributed by atoms with van der Waals surface area (Å²) in [6.45, 7) is 0. The van der Waals surface area contributed by atoms with Crippen LogP contribution < -0.4 is 4.74 Å². The minimum absolute atomic E-state index is 0.482. The Balaban J connectivity index is 2.75. The standard InChI is InChI=1S/C13H7F4NO4S/c14-9-8(6-18)10(15)12(17)13(11(9)16,23(19,20)21)22-7-4-2-1-3-5-7/h1-5,11H,(H,19,20,21). The third-order valence-corrected chi connectivity index (χ3v) is 4.26. The number of halogens is 4. The van der Waals surface area contributed by atoms with Crippen LogP contribution >= 0.6 is 0 Å². The summed E-state index contributed by atoms with van der Waals surface area (Å²) < 4.78 is 92.7. The van der Waals surface area contributed by atoms with Gasteiger partial charge in [-0.2, -0.15) is 13.7 Å². The number of nitriles is 1. The van der Waals surface area contributed by atoms with Crippen molar-refractivity contribution >= 4 is 10.1 Å². The van der Waals surface area contributed by atoms with Gasteiger partial charge in [0.1, 0.15) is 17.4 Å². The minimum Gasteiger partial charge on any atom is -0.459 e. The lowest BCUT2D eigenvalue weighted by Gasteiger charge is -2.34. The van der Waals surface area contributed by atoms with Crippen molar-refractivity contribution in [1.82, 2.24) is 0 Å². The molecule has 1 aromatic rings. The second kappa shape index (κ2) is 5.68. The second-order valence-corrected chi connectivity index (χ2v) is 5.94. The number of hydrogen-bond acceptors (Lipinski definition) is 4. The molecule has 1 aliphatic carbocycles. The Kier molecular flexibility index (Phi) is 4.19. The fraction of sp³-hybridized carbons (Fsp3) is 0.154. The maximum atomic E-state index is 14.3. The average Bonchev–Trinajstić information content (AvgIpc) is 2.50. The lowest BCUT2D eigenvalue weighted by atomic mass is 9.99. The van der Waals surface area contributed by atoms with Gasteiger partial charge in [-0.25, -0.2) is 17.6 Å². The van der Waals surface area contributed by atoms with E-state index in [1.165, 1.54) is 18.2 Å². The Morgan fingerprint density at radius 1 is 1.22 bits per heavy atom. The van der Waals surface area contributed by atoms with Crippen LogP contribution in [-0.2, 0) is 10.1 Å². The number of hydrogen-bond donors (Lipinski definition) is 1. The lowest BCUT2D eigenvalue weighted by Crippen LogP contribution is -2.55. The topological polar surface area (TPSA) is 87.4 Å². The van der Waals surface area contributed by atoms with Crippen molar-refractivity contribution in [3.05, 3.63) is 53.4 Å². The molecule has 0 saturated heterocycles. The molecule has 10 heteroatoms. The zero-order valence-electron chi connectivity index (χ0n) is 11.0. The van der Waals surface area contributed by atoms with Gasteiger partial charge in [0.25, 0.3) is 0 Å². The van der Waals surface area contributed by atoms with E-state index in [9.17, 15) is 30.5 Å². The highest BCUT2D eigenvalue weighted by molar-refractivity contribution is 7.87. The molecule has 0 amide bonds. The first-order valence-electron chi connectivity index (χ1n) is 5.88. The molecule has 5 nitrogen and oxygen atoms in total. The van der Waals surface area contributed by atoms with Crippen LogP contribution in [-0.4, -0.2) is 24.1 Å². The molecule has 23 heavy (non-hydrogen) atoms. The number of allylic oxidation sites excluding steroid dienone is 2. The van der Waals surface area contributed by atoms with Crippen molar-refractivity contribution in [2.75, 3.05) is 0 Å². The summed E-state index contributed by atoms with van der Waals surface area (Å²) in [6.07, 6.45) is -3.49. The Morgan fingerprint density at radius 3 is 2.26 bits per heavy atom. The molecule has 0 bridgehead atoms. The summed E-state index contributed by atoms with van der Waals surface area (Å²) in [4.78, 5) is -4.02. The fourth-order valence-corrected chi connectivity index (χ4v) is 2.81. The molecule has 0 heterocycles. The number of alkyl halides is 1. The SMILES string of the molecule is N#CC1=C(F)C(F)C(Oc2ccccc2)(S(=O)(=O)O)C(F)=C1F. The van der Waals surface area contributed by atoms with Crippen molar-refractivity contribution in [3.8, 4) is 11.8 Å². The van der Waals surface area contributed by atoms with Crippen LogP contribution in [0.1, 0.15) is 0 Å². The molecule has 0 radical (unpaired) electrons. The van der Waals surface area contributed by atoms with Crippen LogP contribution in [0.25, 0.3) is 0 Å². The van der Waals surface area contributed by atoms with Gasteiger partial charge in [-0.1, -0.05) is 18.2 Å². The van der Waals surface area contributed by atoms with Crippen molar-refractivity contribution in [2.24, 2.45) is 0 Å². The third-order valence-electron chi connectivity index (χ3n) is 3.02.